The molecule has 13 rings (SSSR count). The van der Waals surface area contributed by atoms with E-state index in [2.05, 4.69) is 235 Å². The van der Waals surface area contributed by atoms with E-state index >= 15 is 0 Å². The van der Waals surface area contributed by atoms with Gasteiger partial charge in [0, 0.05) is 28.9 Å². The summed E-state index contributed by atoms with van der Waals surface area (Å²) in [7, 11) is 0. The lowest BCUT2D eigenvalue weighted by Crippen LogP contribution is -2.25. The number of fused-ring (bicyclic) bond motifs is 13. The second-order valence-electron chi connectivity index (χ2n) is 17.1. The second-order valence-corrected chi connectivity index (χ2v) is 17.1. The average molecular weight is 820 g/mol. The summed E-state index contributed by atoms with van der Waals surface area (Å²) in [5.74, 6) is 3.13. The largest absolute Gasteiger partial charge is 0.449 e. The Bertz CT molecular complexity index is 3340. The van der Waals surface area contributed by atoms with Crippen LogP contribution in [0.1, 0.15) is 40.2 Å². The molecule has 0 amide bonds. The van der Waals surface area contributed by atoms with E-state index in [9.17, 15) is 0 Å². The molecule has 9 aromatic carbocycles. The number of ether oxygens (including phenoxy) is 2. The first-order chi connectivity index (χ1) is 31.7. The van der Waals surface area contributed by atoms with Crippen molar-refractivity contribution in [2.45, 2.75) is 17.8 Å². The summed E-state index contributed by atoms with van der Waals surface area (Å²) in [5, 5.41) is 0. The fraction of sp³-hybridized carbons (Fsp3) is 0.0492. The Morgan fingerprint density at radius 1 is 0.406 bits per heavy atom. The molecule has 0 bridgehead atoms. The maximum atomic E-state index is 7.08. The first-order valence-electron chi connectivity index (χ1n) is 22.2. The van der Waals surface area contributed by atoms with Crippen molar-refractivity contribution in [1.29, 1.82) is 0 Å². The maximum absolute atomic E-state index is 7.08. The molecule has 9 aromatic rings. The summed E-state index contributed by atoms with van der Waals surface area (Å²) in [6.45, 7) is 0. The highest BCUT2D eigenvalue weighted by Crippen LogP contribution is 2.66. The van der Waals surface area contributed by atoms with Crippen LogP contribution in [0.2, 0.25) is 0 Å². The molecule has 0 radical (unpaired) electrons. The van der Waals surface area contributed by atoms with E-state index in [1.165, 1.54) is 55.6 Å². The van der Waals surface area contributed by atoms with Crippen molar-refractivity contribution >= 4 is 17.1 Å². The molecule has 1 unspecified atom stereocenters. The fourth-order valence-electron chi connectivity index (χ4n) is 10.9. The molecule has 3 heteroatoms. The first kappa shape index (κ1) is 36.5. The lowest BCUT2D eigenvalue weighted by Gasteiger charge is -2.31. The molecule has 1 heterocycles. The number of anilines is 3. The van der Waals surface area contributed by atoms with Gasteiger partial charge in [-0.05, 0) is 116 Å². The molecule has 1 atom stereocenters. The standard InChI is InChI=1S/C61H41NO2/c1-4-17-40(18-5-1)43-23-16-24-44(37-43)62(45-31-33-47(41-19-6-2-7-20-41)51(38-45)42-21-8-3-9-22-42)46-32-35-56-58(39-46)63-57-36-34-55-59(60(57)64-56)50-27-12-15-30-54(50)61(55)52-28-13-10-25-48(52)49-26-11-14-29-53(49)61/h1-17,19-40H,18H2. The summed E-state index contributed by atoms with van der Waals surface area (Å²) >= 11 is 0. The van der Waals surface area contributed by atoms with Crippen LogP contribution in [0.3, 0.4) is 0 Å². The van der Waals surface area contributed by atoms with Crippen LogP contribution in [-0.4, -0.2) is 0 Å². The van der Waals surface area contributed by atoms with Crippen molar-refractivity contribution in [3.05, 3.63) is 258 Å². The third-order valence-electron chi connectivity index (χ3n) is 13.7. The van der Waals surface area contributed by atoms with Crippen LogP contribution in [0.5, 0.6) is 23.0 Å². The van der Waals surface area contributed by atoms with Crippen molar-refractivity contribution in [3.63, 3.8) is 0 Å². The van der Waals surface area contributed by atoms with E-state index in [0.717, 1.165) is 45.9 Å². The van der Waals surface area contributed by atoms with Gasteiger partial charge in [0.2, 0.25) is 0 Å². The van der Waals surface area contributed by atoms with E-state index in [-0.39, 0.29) is 0 Å². The Labute approximate surface area is 373 Å². The van der Waals surface area contributed by atoms with Gasteiger partial charge in [-0.1, -0.05) is 182 Å². The molecule has 4 aliphatic rings. The van der Waals surface area contributed by atoms with Gasteiger partial charge in [-0.25, -0.2) is 0 Å². The normalized spacial score (nSPS) is 15.2. The van der Waals surface area contributed by atoms with Crippen LogP contribution in [0.15, 0.2) is 231 Å². The molecule has 64 heavy (non-hydrogen) atoms. The number of nitrogens with zero attached hydrogens (tertiary/aromatic N) is 1. The molecular formula is C61H41NO2. The zero-order valence-electron chi connectivity index (χ0n) is 35.0. The highest BCUT2D eigenvalue weighted by molar-refractivity contribution is 5.98. The van der Waals surface area contributed by atoms with Crippen LogP contribution < -0.4 is 14.4 Å². The van der Waals surface area contributed by atoms with E-state index in [0.29, 0.717) is 23.2 Å². The van der Waals surface area contributed by atoms with Crippen LogP contribution in [-0.2, 0) is 5.41 Å². The Balaban J connectivity index is 0.952. The SMILES string of the molecule is C1=CCC(c2cccc(N(c3ccc4c(c3)Oc3ccc5c(c3O4)-c3ccccc3C53c4ccccc4-c4ccccc43)c3ccc(-c4ccccc4)c(-c4ccccc4)c3)c2)C=C1. The highest BCUT2D eigenvalue weighted by atomic mass is 16.6. The number of rotatable bonds is 6. The Kier molecular flexibility index (Phi) is 8.26. The Morgan fingerprint density at radius 2 is 1.02 bits per heavy atom. The molecule has 0 fully saturated rings. The lowest BCUT2D eigenvalue weighted by molar-refractivity contribution is 0.360. The highest BCUT2D eigenvalue weighted by Gasteiger charge is 2.53. The molecule has 0 saturated heterocycles. The number of hydrogen-bond acceptors (Lipinski definition) is 3. The second kappa shape index (κ2) is 14.5. The van der Waals surface area contributed by atoms with Gasteiger partial charge >= 0.3 is 0 Å². The molecule has 1 aliphatic heterocycles. The monoisotopic (exact) mass is 819 g/mol. The number of allylic oxidation sites excluding steroid dienone is 4. The molecule has 0 aromatic heterocycles. The minimum atomic E-state index is -0.463. The van der Waals surface area contributed by atoms with Gasteiger partial charge in [0.25, 0.3) is 0 Å². The molecule has 3 nitrogen and oxygen atoms in total. The van der Waals surface area contributed by atoms with Gasteiger partial charge in [-0.15, -0.1) is 0 Å². The van der Waals surface area contributed by atoms with E-state index in [4.69, 9.17) is 9.47 Å². The molecule has 0 N–H and O–H groups in total. The fourth-order valence-corrected chi connectivity index (χ4v) is 10.9. The minimum absolute atomic E-state index is 0.307. The van der Waals surface area contributed by atoms with Crippen LogP contribution in [0, 0.1) is 0 Å². The van der Waals surface area contributed by atoms with Gasteiger partial charge in [0.1, 0.15) is 0 Å². The minimum Gasteiger partial charge on any atom is -0.449 e. The molecule has 1 spiro atoms. The van der Waals surface area contributed by atoms with Gasteiger partial charge in [0.15, 0.2) is 23.0 Å². The van der Waals surface area contributed by atoms with E-state index in [1.54, 1.807) is 0 Å². The molecule has 3 aliphatic carbocycles. The average Bonchev–Trinajstić information content (AvgIpc) is 3.84. The van der Waals surface area contributed by atoms with Crippen molar-refractivity contribution < 1.29 is 9.47 Å². The van der Waals surface area contributed by atoms with Crippen molar-refractivity contribution in [2.24, 2.45) is 0 Å². The van der Waals surface area contributed by atoms with Gasteiger partial charge in [-0.2, -0.15) is 0 Å². The topological polar surface area (TPSA) is 21.7 Å². The Morgan fingerprint density at radius 3 is 1.73 bits per heavy atom. The molecular weight excluding hydrogens is 779 g/mol. The van der Waals surface area contributed by atoms with Crippen molar-refractivity contribution in [2.75, 3.05) is 4.90 Å². The summed E-state index contributed by atoms with van der Waals surface area (Å²) in [6, 6.07) is 74.5. The third kappa shape index (κ3) is 5.47. The summed E-state index contributed by atoms with van der Waals surface area (Å²) in [4.78, 5) is 2.35. The predicted molar refractivity (Wildman–Crippen MR) is 261 cm³/mol. The quantitative estimate of drug-likeness (QED) is 0.167. The van der Waals surface area contributed by atoms with Gasteiger partial charge in [0.05, 0.1) is 11.1 Å². The first-order valence-corrected chi connectivity index (χ1v) is 22.2. The van der Waals surface area contributed by atoms with E-state index < -0.39 is 5.41 Å². The third-order valence-corrected chi connectivity index (χ3v) is 13.7. The zero-order chi connectivity index (χ0) is 42.2. The summed E-state index contributed by atoms with van der Waals surface area (Å²) < 4.78 is 14.1. The maximum Gasteiger partial charge on any atom is 0.178 e. The van der Waals surface area contributed by atoms with Gasteiger partial charge in [-0.3, -0.25) is 0 Å². The smallest absolute Gasteiger partial charge is 0.178 e. The number of benzene rings is 9. The van der Waals surface area contributed by atoms with Crippen LogP contribution in [0.25, 0.3) is 44.5 Å². The summed E-state index contributed by atoms with van der Waals surface area (Å²) in [5.41, 5.74) is 18.5. The lowest BCUT2D eigenvalue weighted by atomic mass is 9.70. The van der Waals surface area contributed by atoms with Crippen LogP contribution in [0.4, 0.5) is 17.1 Å². The molecule has 302 valence electrons. The molecule has 0 saturated carbocycles. The van der Waals surface area contributed by atoms with E-state index in [1.807, 2.05) is 0 Å². The predicted octanol–water partition coefficient (Wildman–Crippen LogP) is 16.3. The number of hydrogen-bond donors (Lipinski definition) is 0. The zero-order valence-corrected chi connectivity index (χ0v) is 35.0. The van der Waals surface area contributed by atoms with Crippen LogP contribution >= 0.6 is 0 Å². The summed E-state index contributed by atoms with van der Waals surface area (Å²) in [6.07, 6.45) is 9.82. The van der Waals surface area contributed by atoms with Crippen molar-refractivity contribution in [3.8, 4) is 67.5 Å². The Hall–Kier alpha value is -8.14. The van der Waals surface area contributed by atoms with Crippen molar-refractivity contribution in [1.82, 2.24) is 0 Å². The van der Waals surface area contributed by atoms with Gasteiger partial charge < -0.3 is 14.4 Å².